The molecular formula is C30H26ClFN4O5. The highest BCUT2D eigenvalue weighted by Gasteiger charge is 2.20. The van der Waals surface area contributed by atoms with Crippen molar-refractivity contribution < 1.29 is 23.4 Å². The predicted molar refractivity (Wildman–Crippen MR) is 156 cm³/mol. The van der Waals surface area contributed by atoms with Crippen LogP contribution in [0.1, 0.15) is 16.1 Å². The first-order valence-electron chi connectivity index (χ1n) is 12.2. The highest BCUT2D eigenvalue weighted by molar-refractivity contribution is 6.04. The number of methoxy groups -OCH3 is 2. The Morgan fingerprint density at radius 1 is 0.976 bits per heavy atom. The third-order valence-corrected chi connectivity index (χ3v) is 6.42. The van der Waals surface area contributed by atoms with Crippen LogP contribution in [0.5, 0.6) is 23.1 Å². The molecule has 41 heavy (non-hydrogen) atoms. The minimum atomic E-state index is -0.731. The van der Waals surface area contributed by atoms with E-state index in [9.17, 15) is 9.59 Å². The lowest BCUT2D eigenvalue weighted by molar-refractivity contribution is 0.102. The molecule has 0 aliphatic rings. The number of pyridine rings is 3. The molecule has 1 N–H and O–H groups in total. The average molecular weight is 577 g/mol. The van der Waals surface area contributed by atoms with E-state index in [1.807, 2.05) is 37.3 Å². The topological polar surface area (TPSA) is 105 Å². The second-order valence-electron chi connectivity index (χ2n) is 8.89. The molecule has 0 aliphatic heterocycles. The number of aryl methyl sites for hydroxylation is 1. The number of carbonyl (C=O) groups excluding carboxylic acids is 1. The Morgan fingerprint density at radius 3 is 2.41 bits per heavy atom. The molecule has 1 amide bonds. The van der Waals surface area contributed by atoms with E-state index >= 15 is 4.39 Å². The molecule has 0 saturated heterocycles. The van der Waals surface area contributed by atoms with Crippen molar-refractivity contribution in [3.05, 3.63) is 100 Å². The monoisotopic (exact) mass is 576 g/mol. The minimum absolute atomic E-state index is 0. The van der Waals surface area contributed by atoms with Gasteiger partial charge in [0.15, 0.2) is 23.1 Å². The summed E-state index contributed by atoms with van der Waals surface area (Å²) in [5.74, 6) is -0.617. The molecule has 0 spiro atoms. The van der Waals surface area contributed by atoms with Crippen LogP contribution < -0.4 is 25.0 Å². The molecule has 0 unspecified atom stereocenters. The number of benzene rings is 2. The van der Waals surface area contributed by atoms with Gasteiger partial charge in [0.1, 0.15) is 11.1 Å². The highest BCUT2D eigenvalue weighted by atomic mass is 35.5. The molecule has 0 fully saturated rings. The predicted octanol–water partition coefficient (Wildman–Crippen LogP) is 5.93. The molecule has 2 aromatic carbocycles. The Labute approximate surface area is 241 Å². The van der Waals surface area contributed by atoms with E-state index in [1.165, 1.54) is 38.7 Å². The second-order valence-corrected chi connectivity index (χ2v) is 8.89. The fourth-order valence-corrected chi connectivity index (χ4v) is 4.30. The molecule has 5 rings (SSSR count). The van der Waals surface area contributed by atoms with Gasteiger partial charge in [-0.1, -0.05) is 30.3 Å². The summed E-state index contributed by atoms with van der Waals surface area (Å²) >= 11 is 0. The van der Waals surface area contributed by atoms with Crippen molar-refractivity contribution in [2.24, 2.45) is 7.05 Å². The van der Waals surface area contributed by atoms with Crippen molar-refractivity contribution in [3.63, 3.8) is 0 Å². The summed E-state index contributed by atoms with van der Waals surface area (Å²) in [6, 6.07) is 16.3. The van der Waals surface area contributed by atoms with Crippen molar-refractivity contribution in [3.8, 4) is 34.3 Å². The van der Waals surface area contributed by atoms with Crippen LogP contribution >= 0.6 is 12.4 Å². The van der Waals surface area contributed by atoms with Gasteiger partial charge in [-0.25, -0.2) is 9.37 Å². The number of hydrogen-bond donors (Lipinski definition) is 1. The zero-order valence-corrected chi connectivity index (χ0v) is 23.4. The van der Waals surface area contributed by atoms with Crippen molar-refractivity contribution in [2.45, 2.75) is 6.92 Å². The number of rotatable bonds is 7. The maximum Gasteiger partial charge on any atom is 0.261 e. The summed E-state index contributed by atoms with van der Waals surface area (Å²) in [4.78, 5) is 35.1. The molecule has 210 valence electrons. The normalized spacial score (nSPS) is 10.6. The number of carbonyl (C=O) groups is 1. The van der Waals surface area contributed by atoms with E-state index in [2.05, 4.69) is 15.3 Å². The van der Waals surface area contributed by atoms with Gasteiger partial charge >= 0.3 is 0 Å². The van der Waals surface area contributed by atoms with Crippen LogP contribution in [0.3, 0.4) is 0 Å². The van der Waals surface area contributed by atoms with E-state index in [0.717, 1.165) is 11.8 Å². The van der Waals surface area contributed by atoms with Crippen LogP contribution in [0, 0.1) is 12.7 Å². The van der Waals surface area contributed by atoms with Gasteiger partial charge in [-0.2, -0.15) is 0 Å². The summed E-state index contributed by atoms with van der Waals surface area (Å²) in [6.07, 6.45) is 2.97. The number of halogens is 2. The Hall–Kier alpha value is -4.96. The van der Waals surface area contributed by atoms with E-state index in [-0.39, 0.29) is 41.0 Å². The number of nitrogens with zero attached hydrogens (tertiary/aromatic N) is 3. The zero-order valence-electron chi connectivity index (χ0n) is 22.6. The van der Waals surface area contributed by atoms with Gasteiger partial charge in [-0.15, -0.1) is 12.4 Å². The van der Waals surface area contributed by atoms with Crippen molar-refractivity contribution in [2.75, 3.05) is 19.5 Å². The number of nitrogens with one attached hydrogen (secondary N) is 1. The molecule has 0 bridgehead atoms. The lowest BCUT2D eigenvalue weighted by Crippen LogP contribution is -2.25. The van der Waals surface area contributed by atoms with Crippen LogP contribution in [0.15, 0.2) is 77.9 Å². The lowest BCUT2D eigenvalue weighted by atomic mass is 10.0. The fourth-order valence-electron chi connectivity index (χ4n) is 4.30. The molecule has 5 aromatic rings. The first-order chi connectivity index (χ1) is 19.3. The number of hydrogen-bond acceptors (Lipinski definition) is 7. The molecule has 9 nitrogen and oxygen atoms in total. The molecule has 0 saturated carbocycles. The summed E-state index contributed by atoms with van der Waals surface area (Å²) < 4.78 is 33.2. The molecular weight excluding hydrogens is 551 g/mol. The van der Waals surface area contributed by atoms with Gasteiger partial charge in [0.05, 0.1) is 19.7 Å². The molecule has 3 aromatic heterocycles. The third-order valence-electron chi connectivity index (χ3n) is 6.42. The molecule has 0 atom stereocenters. The van der Waals surface area contributed by atoms with Crippen LogP contribution in [0.25, 0.3) is 22.2 Å². The molecule has 11 heteroatoms. The molecule has 3 heterocycles. The Bertz CT molecular complexity index is 1810. The van der Waals surface area contributed by atoms with Gasteiger partial charge in [0.25, 0.3) is 11.8 Å². The Balaban J connectivity index is 0.00000387. The van der Waals surface area contributed by atoms with Crippen LogP contribution in [0.2, 0.25) is 0 Å². The van der Waals surface area contributed by atoms with E-state index < -0.39 is 17.2 Å². The number of aromatic nitrogens is 3. The van der Waals surface area contributed by atoms with E-state index in [4.69, 9.17) is 14.2 Å². The SMILES string of the molecule is COc1cc2nccc(Oc3ccc(NC(=O)c4cn(C)c(C)c(-c5ccccc5)c4=O)cc3F)c2nc1OC.Cl. The van der Waals surface area contributed by atoms with E-state index in [0.29, 0.717) is 27.9 Å². The second kappa shape index (κ2) is 12.1. The maximum absolute atomic E-state index is 15.1. The number of ether oxygens (including phenoxy) is 3. The van der Waals surface area contributed by atoms with Crippen molar-refractivity contribution >= 4 is 35.0 Å². The Kier molecular flexibility index (Phi) is 8.53. The maximum atomic E-state index is 15.1. The Morgan fingerprint density at radius 2 is 1.73 bits per heavy atom. The lowest BCUT2D eigenvalue weighted by Gasteiger charge is -2.14. The van der Waals surface area contributed by atoms with Gasteiger partial charge in [0, 0.05) is 54.6 Å². The van der Waals surface area contributed by atoms with E-state index in [1.54, 1.807) is 23.7 Å². The summed E-state index contributed by atoms with van der Waals surface area (Å²) in [5.41, 5.74) is 2.35. The van der Waals surface area contributed by atoms with Gasteiger partial charge < -0.3 is 24.1 Å². The van der Waals surface area contributed by atoms with Gasteiger partial charge in [-0.3, -0.25) is 14.6 Å². The van der Waals surface area contributed by atoms with Gasteiger partial charge in [-0.05, 0) is 24.6 Å². The van der Waals surface area contributed by atoms with Crippen LogP contribution in [-0.4, -0.2) is 34.7 Å². The molecule has 0 aliphatic carbocycles. The van der Waals surface area contributed by atoms with Crippen molar-refractivity contribution in [1.82, 2.24) is 14.5 Å². The summed E-state index contributed by atoms with van der Waals surface area (Å²) in [5, 5.41) is 2.61. The first kappa shape index (κ1) is 29.0. The average Bonchev–Trinajstić information content (AvgIpc) is 2.96. The van der Waals surface area contributed by atoms with Crippen LogP contribution in [-0.2, 0) is 7.05 Å². The smallest absolute Gasteiger partial charge is 0.261 e. The highest BCUT2D eigenvalue weighted by Crippen LogP contribution is 2.35. The zero-order chi connectivity index (χ0) is 28.4. The minimum Gasteiger partial charge on any atom is -0.491 e. The van der Waals surface area contributed by atoms with Crippen LogP contribution in [0.4, 0.5) is 10.1 Å². The first-order valence-corrected chi connectivity index (χ1v) is 12.2. The fraction of sp³-hybridized carbons (Fsp3) is 0.133. The summed E-state index contributed by atoms with van der Waals surface area (Å²) in [6.45, 7) is 1.81. The standard InChI is InChI=1S/C30H25FN4O5.ClH/c1-17-26(18-8-6-5-7-9-18)28(36)20(16-35(17)2)29(37)33-19-10-11-23(21(31)14-19)40-24-12-13-32-22-15-25(38-3)30(39-4)34-27(22)24;/h5-16H,1-4H3,(H,33,37);1H. The summed E-state index contributed by atoms with van der Waals surface area (Å²) in [7, 11) is 4.70. The third kappa shape index (κ3) is 5.68. The van der Waals surface area contributed by atoms with Crippen molar-refractivity contribution in [1.29, 1.82) is 0 Å². The molecule has 0 radical (unpaired) electrons. The number of anilines is 1. The number of fused-ring (bicyclic) bond motifs is 1. The number of amides is 1. The quantitative estimate of drug-likeness (QED) is 0.256. The van der Waals surface area contributed by atoms with Gasteiger partial charge in [0.2, 0.25) is 5.43 Å². The largest absolute Gasteiger partial charge is 0.491 e.